The average Bonchev–Trinajstić information content (AvgIpc) is 3.09. The Morgan fingerprint density at radius 2 is 1.92 bits per heavy atom. The van der Waals surface area contributed by atoms with Crippen molar-refractivity contribution in [2.75, 3.05) is 46.9 Å². The summed E-state index contributed by atoms with van der Waals surface area (Å²) in [6.45, 7) is 4.68. The minimum Gasteiger partial charge on any atom is -0.497 e. The van der Waals surface area contributed by atoms with E-state index in [0.717, 1.165) is 26.2 Å². The molecule has 1 atom stereocenters. The molecule has 1 aromatic heterocycles. The number of carbonyl (C=O) groups is 1. The summed E-state index contributed by atoms with van der Waals surface area (Å²) in [5, 5.41) is 3.11. The first kappa shape index (κ1) is 18.5. The van der Waals surface area contributed by atoms with Gasteiger partial charge in [-0.25, -0.2) is 0 Å². The Hall–Kier alpha value is -2.31. The molecule has 0 aliphatic carbocycles. The van der Waals surface area contributed by atoms with Gasteiger partial charge in [-0.15, -0.1) is 0 Å². The Labute approximate surface area is 155 Å². The maximum Gasteiger partial charge on any atom is 0.251 e. The highest BCUT2D eigenvalue weighted by molar-refractivity contribution is 5.94. The van der Waals surface area contributed by atoms with Crippen molar-refractivity contribution in [1.29, 1.82) is 0 Å². The maximum atomic E-state index is 12.6. The lowest BCUT2D eigenvalue weighted by Crippen LogP contribution is -2.48. The van der Waals surface area contributed by atoms with Gasteiger partial charge < -0.3 is 19.5 Å². The van der Waals surface area contributed by atoms with E-state index in [4.69, 9.17) is 4.74 Å². The van der Waals surface area contributed by atoms with E-state index in [0.29, 0.717) is 17.9 Å². The van der Waals surface area contributed by atoms with Crippen LogP contribution in [0.2, 0.25) is 0 Å². The lowest BCUT2D eigenvalue weighted by Gasteiger charge is -2.38. The maximum absolute atomic E-state index is 12.6. The summed E-state index contributed by atoms with van der Waals surface area (Å²) in [5.74, 6) is 0.618. The Kier molecular flexibility index (Phi) is 5.96. The van der Waals surface area contributed by atoms with Gasteiger partial charge in [0.25, 0.3) is 5.91 Å². The third-order valence-electron chi connectivity index (χ3n) is 5.09. The molecule has 1 fully saturated rings. The third kappa shape index (κ3) is 4.26. The molecule has 26 heavy (non-hydrogen) atoms. The van der Waals surface area contributed by atoms with Crippen molar-refractivity contribution >= 4 is 5.91 Å². The first-order chi connectivity index (χ1) is 12.6. The van der Waals surface area contributed by atoms with E-state index in [1.807, 2.05) is 18.2 Å². The summed E-state index contributed by atoms with van der Waals surface area (Å²) in [7, 11) is 5.82. The zero-order chi connectivity index (χ0) is 18.5. The van der Waals surface area contributed by atoms with Crippen LogP contribution in [0, 0.1) is 0 Å². The van der Waals surface area contributed by atoms with E-state index in [9.17, 15) is 4.79 Å². The van der Waals surface area contributed by atoms with Crippen molar-refractivity contribution < 1.29 is 9.53 Å². The van der Waals surface area contributed by atoms with E-state index in [1.54, 1.807) is 13.2 Å². The van der Waals surface area contributed by atoms with E-state index in [-0.39, 0.29) is 11.9 Å². The lowest BCUT2D eigenvalue weighted by atomic mass is 10.1. The van der Waals surface area contributed by atoms with Gasteiger partial charge in [0.15, 0.2) is 0 Å². The number of benzene rings is 1. The molecule has 2 heterocycles. The Morgan fingerprint density at radius 3 is 2.58 bits per heavy atom. The second kappa shape index (κ2) is 8.38. The summed E-state index contributed by atoms with van der Waals surface area (Å²) in [6.07, 6.45) is 2.06. The smallest absolute Gasteiger partial charge is 0.251 e. The average molecular weight is 356 g/mol. The molecular weight excluding hydrogens is 328 g/mol. The van der Waals surface area contributed by atoms with Crippen molar-refractivity contribution in [2.45, 2.75) is 6.04 Å². The molecule has 2 aromatic rings. The van der Waals surface area contributed by atoms with Gasteiger partial charge in [0, 0.05) is 57.2 Å². The van der Waals surface area contributed by atoms with Crippen molar-refractivity contribution in [3.8, 4) is 5.75 Å². The number of nitrogens with zero attached hydrogens (tertiary/aromatic N) is 3. The topological polar surface area (TPSA) is 49.7 Å². The number of aromatic nitrogens is 1. The van der Waals surface area contributed by atoms with Crippen molar-refractivity contribution in [1.82, 2.24) is 19.7 Å². The van der Waals surface area contributed by atoms with Crippen LogP contribution in [0.15, 0.2) is 42.6 Å². The van der Waals surface area contributed by atoms with Crippen LogP contribution in [0.25, 0.3) is 0 Å². The van der Waals surface area contributed by atoms with Crippen LogP contribution in [-0.2, 0) is 7.05 Å². The quantitative estimate of drug-likeness (QED) is 0.857. The highest BCUT2D eigenvalue weighted by atomic mass is 16.5. The van der Waals surface area contributed by atoms with E-state index in [1.165, 1.54) is 5.69 Å². The number of aryl methyl sites for hydroxylation is 1. The molecule has 1 N–H and O–H groups in total. The molecule has 1 amide bonds. The standard InChI is InChI=1S/C20H28N4O2/c1-22-10-12-24(13-11-22)19(18-8-5-9-23(18)2)15-21-20(25)16-6-4-7-17(14-16)26-3/h4-9,14,19H,10-13,15H2,1-3H3,(H,21,25). The van der Waals surface area contributed by atoms with Gasteiger partial charge in [-0.2, -0.15) is 0 Å². The van der Waals surface area contributed by atoms with E-state index >= 15 is 0 Å². The molecule has 140 valence electrons. The molecule has 0 bridgehead atoms. The highest BCUT2D eigenvalue weighted by Gasteiger charge is 2.26. The zero-order valence-electron chi connectivity index (χ0n) is 15.8. The van der Waals surface area contributed by atoms with Crippen molar-refractivity contribution in [3.05, 3.63) is 53.9 Å². The molecule has 0 spiro atoms. The molecule has 1 aliphatic heterocycles. The predicted octanol–water partition coefficient (Wildman–Crippen LogP) is 1.75. The second-order valence-electron chi connectivity index (χ2n) is 6.84. The van der Waals surface area contributed by atoms with Crippen LogP contribution >= 0.6 is 0 Å². The van der Waals surface area contributed by atoms with Crippen molar-refractivity contribution in [2.24, 2.45) is 7.05 Å². The minimum atomic E-state index is -0.0720. The van der Waals surface area contributed by atoms with Gasteiger partial charge in [-0.1, -0.05) is 6.07 Å². The van der Waals surface area contributed by atoms with Crippen LogP contribution in [0.5, 0.6) is 5.75 Å². The monoisotopic (exact) mass is 356 g/mol. The van der Waals surface area contributed by atoms with Crippen LogP contribution in [0.1, 0.15) is 22.1 Å². The number of likely N-dealkylation sites (N-methyl/N-ethyl adjacent to an activating group) is 1. The fraction of sp³-hybridized carbons (Fsp3) is 0.450. The van der Waals surface area contributed by atoms with Gasteiger partial charge >= 0.3 is 0 Å². The number of methoxy groups -OCH3 is 1. The first-order valence-electron chi connectivity index (χ1n) is 9.04. The number of amides is 1. The summed E-state index contributed by atoms with van der Waals surface area (Å²) in [6, 6.07) is 11.6. The molecule has 1 unspecified atom stereocenters. The number of hydrogen-bond acceptors (Lipinski definition) is 4. The third-order valence-corrected chi connectivity index (χ3v) is 5.09. The fourth-order valence-electron chi connectivity index (χ4n) is 3.43. The Morgan fingerprint density at radius 1 is 1.15 bits per heavy atom. The minimum absolute atomic E-state index is 0.0720. The predicted molar refractivity (Wildman–Crippen MR) is 103 cm³/mol. The number of hydrogen-bond donors (Lipinski definition) is 1. The first-order valence-corrected chi connectivity index (χ1v) is 9.04. The Balaban J connectivity index is 1.71. The van der Waals surface area contributed by atoms with Crippen LogP contribution in [0.3, 0.4) is 0 Å². The summed E-state index contributed by atoms with van der Waals surface area (Å²) in [5.41, 5.74) is 1.84. The molecule has 6 heteroatoms. The van der Waals surface area contributed by atoms with E-state index < -0.39 is 0 Å². The van der Waals surface area contributed by atoms with Gasteiger partial charge in [-0.05, 0) is 37.4 Å². The summed E-state index contributed by atoms with van der Waals surface area (Å²) in [4.78, 5) is 17.4. The van der Waals surface area contributed by atoms with Gasteiger partial charge in [-0.3, -0.25) is 9.69 Å². The van der Waals surface area contributed by atoms with Crippen LogP contribution in [0.4, 0.5) is 0 Å². The fourth-order valence-corrected chi connectivity index (χ4v) is 3.43. The molecule has 1 saturated heterocycles. The number of nitrogens with one attached hydrogen (secondary N) is 1. The Bertz CT molecular complexity index is 735. The molecule has 1 aliphatic rings. The zero-order valence-corrected chi connectivity index (χ0v) is 15.8. The van der Waals surface area contributed by atoms with Crippen LogP contribution < -0.4 is 10.1 Å². The highest BCUT2D eigenvalue weighted by Crippen LogP contribution is 2.22. The van der Waals surface area contributed by atoms with Crippen LogP contribution in [-0.4, -0.2) is 67.2 Å². The number of rotatable bonds is 6. The lowest BCUT2D eigenvalue weighted by molar-refractivity contribution is 0.0877. The second-order valence-corrected chi connectivity index (χ2v) is 6.84. The van der Waals surface area contributed by atoms with Gasteiger partial charge in [0.05, 0.1) is 13.2 Å². The number of piperazine rings is 1. The normalized spacial score (nSPS) is 17.0. The van der Waals surface area contributed by atoms with E-state index in [2.05, 4.69) is 52.1 Å². The van der Waals surface area contributed by atoms with Gasteiger partial charge in [0.1, 0.15) is 5.75 Å². The largest absolute Gasteiger partial charge is 0.497 e. The van der Waals surface area contributed by atoms with Gasteiger partial charge in [0.2, 0.25) is 0 Å². The number of ether oxygens (including phenoxy) is 1. The number of carbonyl (C=O) groups excluding carboxylic acids is 1. The molecule has 1 aromatic carbocycles. The summed E-state index contributed by atoms with van der Waals surface area (Å²) >= 11 is 0. The molecular formula is C20H28N4O2. The molecule has 0 radical (unpaired) electrons. The molecule has 6 nitrogen and oxygen atoms in total. The summed E-state index contributed by atoms with van der Waals surface area (Å²) < 4.78 is 7.35. The SMILES string of the molecule is COc1cccc(C(=O)NCC(c2cccn2C)N2CCN(C)CC2)c1. The van der Waals surface area contributed by atoms with Crippen molar-refractivity contribution in [3.63, 3.8) is 0 Å². The molecule has 3 rings (SSSR count). The molecule has 0 saturated carbocycles.